The molecule has 0 heterocycles. The highest BCUT2D eigenvalue weighted by atomic mass is 16.5. The van der Waals surface area contributed by atoms with E-state index in [0.29, 0.717) is 12.5 Å². The summed E-state index contributed by atoms with van der Waals surface area (Å²) in [5, 5.41) is 0. The van der Waals surface area contributed by atoms with E-state index in [1.54, 1.807) is 0 Å². The summed E-state index contributed by atoms with van der Waals surface area (Å²) in [7, 11) is 0. The van der Waals surface area contributed by atoms with E-state index in [9.17, 15) is 0 Å². The molecule has 0 N–H and O–H groups in total. The lowest BCUT2D eigenvalue weighted by molar-refractivity contribution is 0.304. The summed E-state index contributed by atoms with van der Waals surface area (Å²) in [6.45, 7) is 11.4. The van der Waals surface area contributed by atoms with Crippen LogP contribution < -0.4 is 4.74 Å². The van der Waals surface area contributed by atoms with Crippen molar-refractivity contribution in [1.29, 1.82) is 0 Å². The fraction of sp³-hybridized carbons (Fsp3) is 0.368. The Morgan fingerprint density at radius 2 is 1.55 bits per heavy atom. The van der Waals surface area contributed by atoms with Gasteiger partial charge in [0.25, 0.3) is 0 Å². The summed E-state index contributed by atoms with van der Waals surface area (Å²) in [5.41, 5.74) is 6.38. The Balaban J connectivity index is 2.11. The molecule has 0 unspecified atom stereocenters. The Labute approximate surface area is 122 Å². The standard InChI is InChI=1S/C19H24O/c1-13(2)18-6-7-19(16(5)11-18)20-12-17-9-14(3)8-15(4)10-17/h6-11,13H,12H2,1-5H3. The first-order valence-corrected chi connectivity index (χ1v) is 7.26. The monoisotopic (exact) mass is 268 g/mol. The van der Waals surface area contributed by atoms with Gasteiger partial charge < -0.3 is 4.74 Å². The Bertz CT molecular complexity index is 576. The first-order valence-electron chi connectivity index (χ1n) is 7.26. The highest BCUT2D eigenvalue weighted by Gasteiger charge is 2.05. The van der Waals surface area contributed by atoms with E-state index < -0.39 is 0 Å². The highest BCUT2D eigenvalue weighted by molar-refractivity contribution is 5.37. The highest BCUT2D eigenvalue weighted by Crippen LogP contribution is 2.24. The number of hydrogen-bond acceptors (Lipinski definition) is 1. The summed E-state index contributed by atoms with van der Waals surface area (Å²) >= 11 is 0. The molecule has 20 heavy (non-hydrogen) atoms. The molecule has 2 aromatic rings. The summed E-state index contributed by atoms with van der Waals surface area (Å²) in [4.78, 5) is 0. The third-order valence-electron chi connectivity index (χ3n) is 3.54. The van der Waals surface area contributed by atoms with Crippen molar-refractivity contribution in [2.75, 3.05) is 0 Å². The molecule has 0 fully saturated rings. The number of hydrogen-bond donors (Lipinski definition) is 0. The van der Waals surface area contributed by atoms with Crippen molar-refractivity contribution in [3.05, 3.63) is 64.2 Å². The molecule has 2 rings (SSSR count). The van der Waals surface area contributed by atoms with E-state index in [1.165, 1.54) is 27.8 Å². The maximum atomic E-state index is 5.97. The molecule has 0 aliphatic carbocycles. The van der Waals surface area contributed by atoms with Crippen LogP contribution in [0.5, 0.6) is 5.75 Å². The first kappa shape index (κ1) is 14.6. The molecule has 0 radical (unpaired) electrons. The largest absolute Gasteiger partial charge is 0.489 e. The van der Waals surface area contributed by atoms with Crippen molar-refractivity contribution >= 4 is 0 Å². The van der Waals surface area contributed by atoms with Crippen molar-refractivity contribution in [2.45, 2.75) is 47.1 Å². The lowest BCUT2D eigenvalue weighted by Crippen LogP contribution is -1.99. The van der Waals surface area contributed by atoms with Crippen molar-refractivity contribution < 1.29 is 4.74 Å². The van der Waals surface area contributed by atoms with Gasteiger partial charge in [0.05, 0.1) is 0 Å². The van der Waals surface area contributed by atoms with Crippen LogP contribution in [0.1, 0.15) is 47.6 Å². The van der Waals surface area contributed by atoms with Crippen LogP contribution in [0.25, 0.3) is 0 Å². The van der Waals surface area contributed by atoms with Crippen molar-refractivity contribution in [1.82, 2.24) is 0 Å². The Kier molecular flexibility index (Phi) is 4.49. The third kappa shape index (κ3) is 3.63. The number of benzene rings is 2. The smallest absolute Gasteiger partial charge is 0.122 e. The van der Waals surface area contributed by atoms with Gasteiger partial charge in [-0.2, -0.15) is 0 Å². The van der Waals surface area contributed by atoms with E-state index in [0.717, 1.165) is 5.75 Å². The lowest BCUT2D eigenvalue weighted by Gasteiger charge is -2.13. The molecule has 0 amide bonds. The average Bonchev–Trinajstić information content (AvgIpc) is 2.36. The van der Waals surface area contributed by atoms with Gasteiger partial charge in [-0.3, -0.25) is 0 Å². The maximum Gasteiger partial charge on any atom is 0.122 e. The van der Waals surface area contributed by atoms with E-state index in [1.807, 2.05) is 0 Å². The van der Waals surface area contributed by atoms with Gasteiger partial charge >= 0.3 is 0 Å². The summed E-state index contributed by atoms with van der Waals surface area (Å²) in [6, 6.07) is 13.0. The molecule has 0 saturated carbocycles. The second kappa shape index (κ2) is 6.13. The minimum Gasteiger partial charge on any atom is -0.489 e. The van der Waals surface area contributed by atoms with E-state index >= 15 is 0 Å². The first-order chi connectivity index (χ1) is 9.45. The van der Waals surface area contributed by atoms with Crippen molar-refractivity contribution in [3.8, 4) is 5.75 Å². The quantitative estimate of drug-likeness (QED) is 0.729. The normalized spacial score (nSPS) is 10.9. The second-order valence-electron chi connectivity index (χ2n) is 5.96. The molecule has 0 spiro atoms. The van der Waals surface area contributed by atoms with Crippen LogP contribution in [0.3, 0.4) is 0 Å². The summed E-state index contributed by atoms with van der Waals surface area (Å²) < 4.78 is 5.97. The van der Waals surface area contributed by atoms with Gasteiger partial charge in [-0.25, -0.2) is 0 Å². The molecule has 1 nitrogen and oxygen atoms in total. The minimum atomic E-state index is 0.558. The van der Waals surface area contributed by atoms with Crippen LogP contribution in [0.15, 0.2) is 36.4 Å². The van der Waals surface area contributed by atoms with Gasteiger partial charge in [-0.1, -0.05) is 55.3 Å². The van der Waals surface area contributed by atoms with Gasteiger partial charge in [0.2, 0.25) is 0 Å². The molecule has 0 aliphatic rings. The van der Waals surface area contributed by atoms with Gasteiger partial charge in [0.15, 0.2) is 0 Å². The minimum absolute atomic E-state index is 0.558. The molecule has 0 saturated heterocycles. The van der Waals surface area contributed by atoms with Crippen LogP contribution in [0.2, 0.25) is 0 Å². The third-order valence-corrected chi connectivity index (χ3v) is 3.54. The molecule has 0 aliphatic heterocycles. The molecule has 0 bridgehead atoms. The molecule has 0 aromatic heterocycles. The Hall–Kier alpha value is -1.76. The van der Waals surface area contributed by atoms with Crippen LogP contribution >= 0.6 is 0 Å². The number of aryl methyl sites for hydroxylation is 3. The Morgan fingerprint density at radius 3 is 2.10 bits per heavy atom. The van der Waals surface area contributed by atoms with Gasteiger partial charge in [0.1, 0.15) is 12.4 Å². The summed E-state index contributed by atoms with van der Waals surface area (Å²) in [5.74, 6) is 1.54. The van der Waals surface area contributed by atoms with Gasteiger partial charge in [-0.05, 0) is 49.4 Å². The fourth-order valence-electron chi connectivity index (χ4n) is 2.51. The Morgan fingerprint density at radius 1 is 0.900 bits per heavy atom. The predicted octanol–water partition coefficient (Wildman–Crippen LogP) is 5.31. The molecule has 106 valence electrons. The molecule has 0 atom stereocenters. The lowest BCUT2D eigenvalue weighted by atomic mass is 10.0. The van der Waals surface area contributed by atoms with E-state index in [-0.39, 0.29) is 0 Å². The van der Waals surface area contributed by atoms with Crippen molar-refractivity contribution in [2.24, 2.45) is 0 Å². The van der Waals surface area contributed by atoms with Crippen LogP contribution in [-0.4, -0.2) is 0 Å². The zero-order chi connectivity index (χ0) is 14.7. The van der Waals surface area contributed by atoms with E-state index in [4.69, 9.17) is 4.74 Å². The molecule has 2 aromatic carbocycles. The molecular weight excluding hydrogens is 244 g/mol. The fourth-order valence-corrected chi connectivity index (χ4v) is 2.51. The predicted molar refractivity (Wildman–Crippen MR) is 85.5 cm³/mol. The van der Waals surface area contributed by atoms with Gasteiger partial charge in [-0.15, -0.1) is 0 Å². The van der Waals surface area contributed by atoms with Crippen LogP contribution in [0, 0.1) is 20.8 Å². The zero-order valence-corrected chi connectivity index (χ0v) is 13.2. The van der Waals surface area contributed by atoms with E-state index in [2.05, 4.69) is 71.0 Å². The molecular formula is C19H24O. The van der Waals surface area contributed by atoms with Crippen LogP contribution in [-0.2, 0) is 6.61 Å². The van der Waals surface area contributed by atoms with Gasteiger partial charge in [0, 0.05) is 0 Å². The SMILES string of the molecule is Cc1cc(C)cc(COc2ccc(C(C)C)cc2C)c1. The number of rotatable bonds is 4. The summed E-state index contributed by atoms with van der Waals surface area (Å²) in [6.07, 6.45) is 0. The zero-order valence-electron chi connectivity index (χ0n) is 13.2. The molecule has 1 heteroatoms. The number of ether oxygens (including phenoxy) is 1. The topological polar surface area (TPSA) is 9.23 Å². The van der Waals surface area contributed by atoms with Crippen LogP contribution in [0.4, 0.5) is 0 Å². The second-order valence-corrected chi connectivity index (χ2v) is 5.96. The maximum absolute atomic E-state index is 5.97. The average molecular weight is 268 g/mol. The van der Waals surface area contributed by atoms with Crippen molar-refractivity contribution in [3.63, 3.8) is 0 Å².